The third-order valence-electron chi connectivity index (χ3n) is 3.12. The van der Waals surface area contributed by atoms with Crippen LogP contribution in [0.5, 0.6) is 0 Å². The predicted octanol–water partition coefficient (Wildman–Crippen LogP) is 2.44. The molecule has 0 bridgehead atoms. The first-order chi connectivity index (χ1) is 10.6. The number of halogens is 1. The van der Waals surface area contributed by atoms with E-state index in [0.29, 0.717) is 10.5 Å². The zero-order chi connectivity index (χ0) is 15.3. The normalized spacial score (nSPS) is 12.2. The Balaban J connectivity index is 1.84. The number of nitrogens with zero attached hydrogens (tertiary/aromatic N) is 4. The maximum absolute atomic E-state index is 12.7. The maximum atomic E-state index is 12.7. The van der Waals surface area contributed by atoms with Crippen molar-refractivity contribution in [2.24, 2.45) is 0 Å². The number of rotatable bonds is 3. The van der Waals surface area contributed by atoms with E-state index in [2.05, 4.69) is 30.8 Å². The highest BCUT2D eigenvalue weighted by Crippen LogP contribution is 2.26. The number of imidazole rings is 1. The number of aromatic nitrogens is 4. The molecule has 0 saturated carbocycles. The molecular formula is C12H8BrN5O2S2. The number of nitrogens with one attached hydrogen (secondary N) is 1. The third kappa shape index (κ3) is 2.02. The first-order valence-electron chi connectivity index (χ1n) is 6.13. The van der Waals surface area contributed by atoms with E-state index in [1.165, 1.54) is 20.5 Å². The Morgan fingerprint density at radius 2 is 2.09 bits per heavy atom. The summed E-state index contributed by atoms with van der Waals surface area (Å²) in [4.78, 5) is 8.47. The van der Waals surface area contributed by atoms with Gasteiger partial charge in [-0.1, -0.05) is 18.2 Å². The standard InChI is InChI=1S/C12H8BrN5O2S2/c13-10-11(17-5-6-21-12(17)15-10)22(19,20)16-18-9-4-2-1-3-8(9)7-14-18/h1-7,16H. The van der Waals surface area contributed by atoms with Crippen molar-refractivity contribution in [2.75, 3.05) is 4.83 Å². The van der Waals surface area contributed by atoms with Gasteiger partial charge in [-0.15, -0.1) is 11.3 Å². The summed E-state index contributed by atoms with van der Waals surface area (Å²) in [5.74, 6) is 0. The Bertz CT molecular complexity index is 1100. The number of fused-ring (bicyclic) bond motifs is 2. The molecule has 0 aliphatic heterocycles. The number of hydrogen-bond donors (Lipinski definition) is 1. The van der Waals surface area contributed by atoms with E-state index in [-0.39, 0.29) is 9.63 Å². The molecule has 0 amide bonds. The highest BCUT2D eigenvalue weighted by molar-refractivity contribution is 9.10. The van der Waals surface area contributed by atoms with Crippen molar-refractivity contribution in [3.8, 4) is 0 Å². The molecule has 0 aliphatic carbocycles. The molecule has 7 nitrogen and oxygen atoms in total. The fourth-order valence-electron chi connectivity index (χ4n) is 2.18. The molecule has 10 heteroatoms. The second kappa shape index (κ2) is 4.80. The second-order valence-corrected chi connectivity index (χ2v) is 7.67. The van der Waals surface area contributed by atoms with Crippen LogP contribution in [0.1, 0.15) is 0 Å². The van der Waals surface area contributed by atoms with Crippen molar-refractivity contribution in [3.63, 3.8) is 0 Å². The fourth-order valence-corrected chi connectivity index (χ4v) is 5.20. The Hall–Kier alpha value is -1.91. The number of hydrogen-bond acceptors (Lipinski definition) is 5. The van der Waals surface area contributed by atoms with Gasteiger partial charge in [-0.2, -0.15) is 23.1 Å². The molecule has 22 heavy (non-hydrogen) atoms. The molecule has 1 N–H and O–H groups in total. The van der Waals surface area contributed by atoms with Gasteiger partial charge in [0.25, 0.3) is 10.0 Å². The first-order valence-corrected chi connectivity index (χ1v) is 9.28. The van der Waals surface area contributed by atoms with Gasteiger partial charge in [0.1, 0.15) is 4.60 Å². The Morgan fingerprint density at radius 3 is 2.95 bits per heavy atom. The molecule has 0 fully saturated rings. The van der Waals surface area contributed by atoms with Crippen LogP contribution in [-0.4, -0.2) is 27.7 Å². The number of sulfonamides is 1. The smallest absolute Gasteiger partial charge is 0.278 e. The average Bonchev–Trinajstić information content (AvgIpc) is 3.13. The van der Waals surface area contributed by atoms with Gasteiger partial charge in [0.2, 0.25) is 0 Å². The summed E-state index contributed by atoms with van der Waals surface area (Å²) in [6, 6.07) is 7.33. The van der Waals surface area contributed by atoms with E-state index in [9.17, 15) is 8.42 Å². The van der Waals surface area contributed by atoms with Crippen LogP contribution in [0, 0.1) is 0 Å². The Morgan fingerprint density at radius 1 is 1.27 bits per heavy atom. The SMILES string of the molecule is O=S(=O)(Nn1ncc2ccccc21)c1c(Br)nc2sccn12. The molecule has 3 heterocycles. The minimum Gasteiger partial charge on any atom is -0.278 e. The molecule has 0 spiro atoms. The fraction of sp³-hybridized carbons (Fsp3) is 0. The molecule has 4 aromatic rings. The van der Waals surface area contributed by atoms with Crippen molar-refractivity contribution in [1.29, 1.82) is 0 Å². The molecule has 4 rings (SSSR count). The summed E-state index contributed by atoms with van der Waals surface area (Å²) in [6.45, 7) is 0. The predicted molar refractivity (Wildman–Crippen MR) is 87.0 cm³/mol. The highest BCUT2D eigenvalue weighted by atomic mass is 79.9. The van der Waals surface area contributed by atoms with Crippen LogP contribution in [-0.2, 0) is 10.0 Å². The number of thiazole rings is 1. The van der Waals surface area contributed by atoms with Gasteiger partial charge in [0, 0.05) is 17.0 Å². The Labute approximate surface area is 137 Å². The van der Waals surface area contributed by atoms with E-state index in [0.717, 1.165) is 5.39 Å². The lowest BCUT2D eigenvalue weighted by atomic mass is 10.3. The molecule has 3 aromatic heterocycles. The van der Waals surface area contributed by atoms with Crippen molar-refractivity contribution in [1.82, 2.24) is 19.3 Å². The second-order valence-electron chi connectivity index (χ2n) is 4.47. The zero-order valence-corrected chi connectivity index (χ0v) is 14.1. The molecular weight excluding hydrogens is 390 g/mol. The van der Waals surface area contributed by atoms with E-state index in [1.807, 2.05) is 18.2 Å². The van der Waals surface area contributed by atoms with Gasteiger partial charge in [-0.25, -0.2) is 4.98 Å². The Kier molecular flexibility index (Phi) is 2.99. The lowest BCUT2D eigenvalue weighted by Crippen LogP contribution is -2.25. The molecule has 0 atom stereocenters. The molecule has 0 radical (unpaired) electrons. The summed E-state index contributed by atoms with van der Waals surface area (Å²) < 4.78 is 27.1. The van der Waals surface area contributed by atoms with Gasteiger partial charge in [0.05, 0.1) is 11.7 Å². The summed E-state index contributed by atoms with van der Waals surface area (Å²) in [6.07, 6.45) is 3.26. The van der Waals surface area contributed by atoms with E-state index >= 15 is 0 Å². The monoisotopic (exact) mass is 397 g/mol. The minimum atomic E-state index is -3.85. The zero-order valence-electron chi connectivity index (χ0n) is 10.8. The van der Waals surface area contributed by atoms with Crippen LogP contribution in [0.2, 0.25) is 0 Å². The third-order valence-corrected chi connectivity index (χ3v) is 6.00. The molecule has 0 aliphatic rings. The maximum Gasteiger partial charge on any atom is 0.295 e. The minimum absolute atomic E-state index is 0.0448. The van der Waals surface area contributed by atoms with E-state index in [4.69, 9.17) is 0 Å². The number of para-hydroxylation sites is 1. The van der Waals surface area contributed by atoms with Gasteiger partial charge in [-0.3, -0.25) is 4.40 Å². The first kappa shape index (κ1) is 13.7. The summed E-state index contributed by atoms with van der Waals surface area (Å²) in [5.41, 5.74) is 0.674. The van der Waals surface area contributed by atoms with Gasteiger partial charge < -0.3 is 0 Å². The number of benzene rings is 1. The van der Waals surface area contributed by atoms with Crippen molar-refractivity contribution >= 4 is 53.2 Å². The quantitative estimate of drug-likeness (QED) is 0.575. The molecule has 0 unspecified atom stereocenters. The lowest BCUT2D eigenvalue weighted by Gasteiger charge is -2.08. The highest BCUT2D eigenvalue weighted by Gasteiger charge is 2.25. The van der Waals surface area contributed by atoms with E-state index < -0.39 is 10.0 Å². The van der Waals surface area contributed by atoms with Crippen LogP contribution < -0.4 is 4.83 Å². The van der Waals surface area contributed by atoms with Crippen LogP contribution in [0.3, 0.4) is 0 Å². The topological polar surface area (TPSA) is 81.3 Å². The summed E-state index contributed by atoms with van der Waals surface area (Å²) in [5, 5.41) is 6.74. The van der Waals surface area contributed by atoms with Crippen LogP contribution >= 0.6 is 27.3 Å². The molecule has 112 valence electrons. The van der Waals surface area contributed by atoms with E-state index in [1.54, 1.807) is 23.8 Å². The van der Waals surface area contributed by atoms with Crippen molar-refractivity contribution in [2.45, 2.75) is 5.03 Å². The lowest BCUT2D eigenvalue weighted by molar-refractivity contribution is 0.587. The largest absolute Gasteiger partial charge is 0.295 e. The van der Waals surface area contributed by atoms with Crippen molar-refractivity contribution in [3.05, 3.63) is 46.6 Å². The summed E-state index contributed by atoms with van der Waals surface area (Å²) >= 11 is 4.56. The summed E-state index contributed by atoms with van der Waals surface area (Å²) in [7, 11) is -3.85. The van der Waals surface area contributed by atoms with Gasteiger partial charge >= 0.3 is 0 Å². The molecule has 1 aromatic carbocycles. The average molecular weight is 398 g/mol. The van der Waals surface area contributed by atoms with Crippen molar-refractivity contribution < 1.29 is 8.42 Å². The van der Waals surface area contributed by atoms with Gasteiger partial charge in [-0.05, 0) is 22.0 Å². The van der Waals surface area contributed by atoms with Crippen LogP contribution in [0.15, 0.2) is 51.7 Å². The molecule has 0 saturated heterocycles. The van der Waals surface area contributed by atoms with Crippen LogP contribution in [0.4, 0.5) is 0 Å². The van der Waals surface area contributed by atoms with Crippen LogP contribution in [0.25, 0.3) is 15.9 Å². The van der Waals surface area contributed by atoms with Gasteiger partial charge in [0.15, 0.2) is 9.99 Å².